The number of anilines is 1. The Labute approximate surface area is 175 Å². The van der Waals surface area contributed by atoms with E-state index in [0.717, 1.165) is 24.8 Å². The number of benzene rings is 1. The van der Waals surface area contributed by atoms with Crippen LogP contribution in [-0.2, 0) is 21.4 Å². The molecule has 0 radical (unpaired) electrons. The second-order valence-corrected chi connectivity index (χ2v) is 8.65. The highest BCUT2D eigenvalue weighted by atomic mass is 32.2. The third kappa shape index (κ3) is 4.38. The summed E-state index contributed by atoms with van der Waals surface area (Å²) < 4.78 is 35.4. The van der Waals surface area contributed by atoms with Crippen molar-refractivity contribution in [3.8, 4) is 5.75 Å². The van der Waals surface area contributed by atoms with E-state index in [1.807, 2.05) is 17.0 Å². The number of amides is 1. The first-order chi connectivity index (χ1) is 14.4. The topological polar surface area (TPSA) is 127 Å². The average molecular weight is 430 g/mol. The lowest BCUT2D eigenvalue weighted by Gasteiger charge is -2.36. The zero-order valence-corrected chi connectivity index (χ0v) is 17.1. The molecule has 1 fully saturated rings. The molecule has 30 heavy (non-hydrogen) atoms. The molecule has 158 valence electrons. The summed E-state index contributed by atoms with van der Waals surface area (Å²) in [4.78, 5) is 18.7. The number of nitrogens with one attached hydrogen (secondary N) is 1. The van der Waals surface area contributed by atoms with E-state index in [1.54, 1.807) is 30.6 Å². The summed E-state index contributed by atoms with van der Waals surface area (Å²) >= 11 is 0. The molecule has 0 aliphatic carbocycles. The standard InChI is InChI=1S/C20H23N5O4S/c21-20-19-16(23-30(27,28)24-20)5-3-6-17(19)29-13-15-4-1-2-11-25(15)18(26)12-14-7-9-22-10-8-14/h3,5-10,15,23H,1-2,4,11-13H2,(H2,21,24). The molecule has 1 amide bonds. The minimum absolute atomic E-state index is 0.0541. The molecule has 3 N–H and O–H groups in total. The third-order valence-corrected chi connectivity index (χ3v) is 6.14. The van der Waals surface area contributed by atoms with Crippen molar-refractivity contribution < 1.29 is 17.9 Å². The number of carbonyl (C=O) groups is 1. The van der Waals surface area contributed by atoms with Gasteiger partial charge in [-0.25, -0.2) is 0 Å². The van der Waals surface area contributed by atoms with Crippen molar-refractivity contribution in [3.05, 3.63) is 53.9 Å². The van der Waals surface area contributed by atoms with Crippen LogP contribution in [0.4, 0.5) is 5.69 Å². The number of piperidine rings is 1. The number of pyridine rings is 1. The first-order valence-corrected chi connectivity index (χ1v) is 11.2. The van der Waals surface area contributed by atoms with Crippen molar-refractivity contribution in [2.24, 2.45) is 10.1 Å². The number of carbonyl (C=O) groups excluding carboxylic acids is 1. The van der Waals surface area contributed by atoms with Gasteiger partial charge in [-0.15, -0.1) is 4.40 Å². The van der Waals surface area contributed by atoms with E-state index < -0.39 is 10.2 Å². The van der Waals surface area contributed by atoms with E-state index in [4.69, 9.17) is 10.5 Å². The molecule has 0 bridgehead atoms. The fraction of sp³-hybridized carbons (Fsp3) is 0.350. The first-order valence-electron chi connectivity index (χ1n) is 9.76. The van der Waals surface area contributed by atoms with Crippen molar-refractivity contribution in [2.75, 3.05) is 17.9 Å². The lowest BCUT2D eigenvalue weighted by molar-refractivity contribution is -0.134. The summed E-state index contributed by atoms with van der Waals surface area (Å²) in [6.07, 6.45) is 6.49. The van der Waals surface area contributed by atoms with Crippen LogP contribution in [0.1, 0.15) is 30.4 Å². The van der Waals surface area contributed by atoms with Gasteiger partial charge in [0.15, 0.2) is 5.84 Å². The Kier molecular flexibility index (Phi) is 5.58. The van der Waals surface area contributed by atoms with Crippen LogP contribution in [0.15, 0.2) is 47.1 Å². The summed E-state index contributed by atoms with van der Waals surface area (Å²) in [6, 6.07) is 8.61. The molecule has 2 aliphatic heterocycles. The highest BCUT2D eigenvalue weighted by molar-refractivity contribution is 7.91. The molecule has 0 spiro atoms. The molecule has 2 aromatic rings. The van der Waals surface area contributed by atoms with Crippen molar-refractivity contribution in [1.82, 2.24) is 9.88 Å². The summed E-state index contributed by atoms with van der Waals surface area (Å²) in [7, 11) is -3.85. The predicted octanol–water partition coefficient (Wildman–Crippen LogP) is 1.46. The Bertz CT molecular complexity index is 1070. The minimum atomic E-state index is -3.85. The van der Waals surface area contributed by atoms with Crippen LogP contribution in [0.2, 0.25) is 0 Å². The molecule has 1 saturated heterocycles. The Morgan fingerprint density at radius 2 is 2.03 bits per heavy atom. The number of amidine groups is 1. The number of hydrogen-bond donors (Lipinski definition) is 2. The Balaban J connectivity index is 1.48. The SMILES string of the molecule is NC1=NS(=O)(=O)Nc2cccc(OCC3CCCCN3C(=O)Cc3ccncc3)c21. The first kappa shape index (κ1) is 20.1. The van der Waals surface area contributed by atoms with Crippen LogP contribution in [-0.4, -0.2) is 49.2 Å². The van der Waals surface area contributed by atoms with Gasteiger partial charge in [-0.05, 0) is 49.1 Å². The number of rotatable bonds is 5. The van der Waals surface area contributed by atoms with Gasteiger partial charge in [-0.1, -0.05) is 6.07 Å². The Morgan fingerprint density at radius 1 is 1.23 bits per heavy atom. The summed E-state index contributed by atoms with van der Waals surface area (Å²) in [5, 5.41) is 0. The van der Waals surface area contributed by atoms with Crippen LogP contribution in [0, 0.1) is 0 Å². The molecular formula is C20H23N5O4S. The van der Waals surface area contributed by atoms with Gasteiger partial charge in [-0.3, -0.25) is 14.5 Å². The van der Waals surface area contributed by atoms with E-state index in [2.05, 4.69) is 14.1 Å². The third-order valence-electron chi connectivity index (χ3n) is 5.22. The minimum Gasteiger partial charge on any atom is -0.491 e. The lowest BCUT2D eigenvalue weighted by atomic mass is 10.0. The van der Waals surface area contributed by atoms with Gasteiger partial charge in [-0.2, -0.15) is 8.42 Å². The molecule has 9 nitrogen and oxygen atoms in total. The van der Waals surface area contributed by atoms with Crippen molar-refractivity contribution in [2.45, 2.75) is 31.7 Å². The van der Waals surface area contributed by atoms with Crippen LogP contribution < -0.4 is 15.2 Å². The van der Waals surface area contributed by atoms with Crippen LogP contribution >= 0.6 is 0 Å². The van der Waals surface area contributed by atoms with Gasteiger partial charge >= 0.3 is 10.2 Å². The van der Waals surface area contributed by atoms with E-state index in [0.29, 0.717) is 36.6 Å². The molecule has 1 atom stereocenters. The quantitative estimate of drug-likeness (QED) is 0.741. The zero-order chi connectivity index (χ0) is 21.1. The molecule has 1 aromatic carbocycles. The maximum atomic E-state index is 12.9. The summed E-state index contributed by atoms with van der Waals surface area (Å²) in [5.41, 5.74) is 7.54. The second-order valence-electron chi connectivity index (χ2n) is 7.31. The summed E-state index contributed by atoms with van der Waals surface area (Å²) in [5.74, 6) is 0.371. The maximum absolute atomic E-state index is 12.9. The Morgan fingerprint density at radius 3 is 2.83 bits per heavy atom. The smallest absolute Gasteiger partial charge is 0.344 e. The van der Waals surface area contributed by atoms with Crippen LogP contribution in [0.25, 0.3) is 0 Å². The molecule has 3 heterocycles. The number of nitrogens with zero attached hydrogens (tertiary/aromatic N) is 3. The van der Waals surface area contributed by atoms with Gasteiger partial charge in [0.25, 0.3) is 0 Å². The van der Waals surface area contributed by atoms with Crippen molar-refractivity contribution in [1.29, 1.82) is 0 Å². The van der Waals surface area contributed by atoms with Crippen LogP contribution in [0.5, 0.6) is 5.75 Å². The van der Waals surface area contributed by atoms with E-state index in [-0.39, 0.29) is 17.8 Å². The molecule has 10 heteroatoms. The largest absolute Gasteiger partial charge is 0.491 e. The van der Waals surface area contributed by atoms with Gasteiger partial charge in [0.1, 0.15) is 12.4 Å². The number of aromatic nitrogens is 1. The van der Waals surface area contributed by atoms with E-state index in [9.17, 15) is 13.2 Å². The number of ether oxygens (including phenoxy) is 1. The lowest BCUT2D eigenvalue weighted by Crippen LogP contribution is -2.47. The maximum Gasteiger partial charge on any atom is 0.344 e. The molecular weight excluding hydrogens is 406 g/mol. The highest BCUT2D eigenvalue weighted by Crippen LogP contribution is 2.31. The number of likely N-dealkylation sites (tertiary alicyclic amines) is 1. The number of fused-ring (bicyclic) bond motifs is 1. The van der Waals surface area contributed by atoms with Gasteiger partial charge < -0.3 is 15.4 Å². The normalized spacial score (nSPS) is 19.9. The number of hydrogen-bond acceptors (Lipinski definition) is 6. The fourth-order valence-corrected chi connectivity index (χ4v) is 4.65. The second kappa shape index (κ2) is 8.31. The fourth-order valence-electron chi connectivity index (χ4n) is 3.80. The number of nitrogens with two attached hydrogens (primary N) is 1. The predicted molar refractivity (Wildman–Crippen MR) is 112 cm³/mol. The molecule has 1 aromatic heterocycles. The van der Waals surface area contributed by atoms with Gasteiger partial charge in [0.05, 0.1) is 23.7 Å². The summed E-state index contributed by atoms with van der Waals surface area (Å²) in [6.45, 7) is 0.979. The average Bonchev–Trinajstić information content (AvgIpc) is 2.72. The molecule has 2 aliphatic rings. The van der Waals surface area contributed by atoms with E-state index in [1.165, 1.54) is 0 Å². The van der Waals surface area contributed by atoms with E-state index >= 15 is 0 Å². The Hall–Kier alpha value is -3.14. The van der Waals surface area contributed by atoms with Gasteiger partial charge in [0, 0.05) is 18.9 Å². The molecule has 0 saturated carbocycles. The zero-order valence-electron chi connectivity index (χ0n) is 16.3. The molecule has 4 rings (SSSR count). The molecule has 1 unspecified atom stereocenters. The van der Waals surface area contributed by atoms with Crippen molar-refractivity contribution in [3.63, 3.8) is 0 Å². The van der Waals surface area contributed by atoms with Crippen molar-refractivity contribution >= 4 is 27.6 Å². The van der Waals surface area contributed by atoms with Gasteiger partial charge in [0.2, 0.25) is 5.91 Å². The monoisotopic (exact) mass is 429 g/mol. The van der Waals surface area contributed by atoms with Crippen LogP contribution in [0.3, 0.4) is 0 Å². The highest BCUT2D eigenvalue weighted by Gasteiger charge is 2.29.